The molecule has 0 saturated carbocycles. The number of hydrogen-bond donors (Lipinski definition) is 0. The molecule has 3 aliphatic rings. The van der Waals surface area contributed by atoms with Gasteiger partial charge < -0.3 is 24.0 Å². The molecule has 0 radical (unpaired) electrons. The van der Waals surface area contributed by atoms with Crippen molar-refractivity contribution >= 4 is 17.8 Å². The number of esters is 1. The van der Waals surface area contributed by atoms with E-state index in [9.17, 15) is 14.4 Å². The molecular formula is C28H38N2O6. The van der Waals surface area contributed by atoms with Gasteiger partial charge in [0.25, 0.3) is 0 Å². The topological polar surface area (TPSA) is 85.4 Å². The number of amides is 2. The lowest BCUT2D eigenvalue weighted by atomic mass is 9.66. The first-order chi connectivity index (χ1) is 17.4. The number of benzene rings is 1. The monoisotopic (exact) mass is 498 g/mol. The Balaban J connectivity index is 1.62. The summed E-state index contributed by atoms with van der Waals surface area (Å²) in [5.74, 6) is 0.393. The van der Waals surface area contributed by atoms with Crippen molar-refractivity contribution in [2.24, 2.45) is 11.3 Å². The van der Waals surface area contributed by atoms with Gasteiger partial charge in [-0.05, 0) is 69.6 Å². The molecule has 0 unspecified atom stereocenters. The van der Waals surface area contributed by atoms with Crippen LogP contribution < -0.4 is 9.47 Å². The second-order valence-electron chi connectivity index (χ2n) is 9.91. The number of carbonyl (C=O) groups is 3. The van der Waals surface area contributed by atoms with Crippen LogP contribution in [-0.2, 0) is 25.5 Å². The molecule has 1 aromatic carbocycles. The van der Waals surface area contributed by atoms with E-state index in [1.807, 2.05) is 29.2 Å². The highest BCUT2D eigenvalue weighted by molar-refractivity contribution is 5.92. The smallest absolute Gasteiger partial charge is 0.318 e. The normalized spacial score (nSPS) is 23.7. The molecule has 36 heavy (non-hydrogen) atoms. The van der Waals surface area contributed by atoms with Crippen molar-refractivity contribution in [2.45, 2.75) is 58.3 Å². The molecular weight excluding hydrogens is 460 g/mol. The lowest BCUT2D eigenvalue weighted by Gasteiger charge is -2.48. The first-order valence-corrected chi connectivity index (χ1v) is 13.1. The predicted octanol–water partition coefficient (Wildman–Crippen LogP) is 3.72. The average Bonchev–Trinajstić information content (AvgIpc) is 3.44. The molecule has 8 heteroatoms. The van der Waals surface area contributed by atoms with Crippen LogP contribution in [0.25, 0.3) is 0 Å². The van der Waals surface area contributed by atoms with Gasteiger partial charge in [-0.15, -0.1) is 0 Å². The van der Waals surface area contributed by atoms with E-state index < -0.39 is 11.3 Å². The zero-order valence-electron chi connectivity index (χ0n) is 21.7. The summed E-state index contributed by atoms with van der Waals surface area (Å²) >= 11 is 0. The molecule has 2 fully saturated rings. The predicted molar refractivity (Wildman–Crippen MR) is 135 cm³/mol. The number of ether oxygens (including phenoxy) is 3. The molecule has 8 nitrogen and oxygen atoms in total. The molecule has 2 amide bonds. The Morgan fingerprint density at radius 2 is 1.83 bits per heavy atom. The Kier molecular flexibility index (Phi) is 8.21. The summed E-state index contributed by atoms with van der Waals surface area (Å²) < 4.78 is 16.3. The summed E-state index contributed by atoms with van der Waals surface area (Å²) in [7, 11) is 3.19. The number of rotatable bonds is 9. The summed E-state index contributed by atoms with van der Waals surface area (Å²) in [4.78, 5) is 43.9. The minimum atomic E-state index is -0.879. The SMILES string of the molecule is CCOC(=O)[C@]12CCCC=C1N(CCc1ccc(OC)c(OC)c1)C(=O)[C@H](CC(=O)N1CCCC1)C2. The number of piperidine rings is 1. The first kappa shape index (κ1) is 26.0. The molecule has 2 aliphatic heterocycles. The lowest BCUT2D eigenvalue weighted by molar-refractivity contribution is -0.162. The van der Waals surface area contributed by atoms with Crippen LogP contribution in [0.15, 0.2) is 30.0 Å². The molecule has 2 heterocycles. The van der Waals surface area contributed by atoms with Crippen LogP contribution in [0.1, 0.15) is 57.4 Å². The summed E-state index contributed by atoms with van der Waals surface area (Å²) in [6, 6.07) is 5.72. The molecule has 196 valence electrons. The van der Waals surface area contributed by atoms with Crippen LogP contribution in [0.3, 0.4) is 0 Å². The van der Waals surface area contributed by atoms with Gasteiger partial charge >= 0.3 is 5.97 Å². The number of hydrogen-bond acceptors (Lipinski definition) is 6. The third-order valence-corrected chi connectivity index (χ3v) is 7.75. The molecule has 1 aliphatic carbocycles. The second-order valence-corrected chi connectivity index (χ2v) is 9.91. The van der Waals surface area contributed by atoms with Gasteiger partial charge in [0, 0.05) is 37.7 Å². The van der Waals surface area contributed by atoms with Crippen LogP contribution in [0.5, 0.6) is 11.5 Å². The van der Waals surface area contributed by atoms with Crippen molar-refractivity contribution in [2.75, 3.05) is 40.5 Å². The minimum absolute atomic E-state index is 0.00735. The van der Waals surface area contributed by atoms with E-state index in [0.29, 0.717) is 37.3 Å². The van der Waals surface area contributed by atoms with Crippen molar-refractivity contribution in [1.82, 2.24) is 9.80 Å². The number of fused-ring (bicyclic) bond motifs is 1. The number of methoxy groups -OCH3 is 2. The number of carbonyl (C=O) groups excluding carboxylic acids is 3. The number of allylic oxidation sites excluding steroid dienone is 1. The summed E-state index contributed by atoms with van der Waals surface area (Å²) in [5, 5.41) is 0. The van der Waals surface area contributed by atoms with E-state index in [2.05, 4.69) is 0 Å². The fourth-order valence-electron chi connectivity index (χ4n) is 5.92. The summed E-state index contributed by atoms with van der Waals surface area (Å²) in [5.41, 5.74) is 0.867. The standard InChI is InChI=1S/C28H38N2O6/c1-4-36-27(33)28-13-6-5-9-24(28)30(16-12-20-10-11-22(34-2)23(17-20)35-3)26(32)21(19-28)18-25(31)29-14-7-8-15-29/h9-11,17,21H,4-8,12-16,18-19H2,1-3H3/t21-,28+/m1/s1. The first-order valence-electron chi connectivity index (χ1n) is 13.1. The molecule has 0 aromatic heterocycles. The quantitative estimate of drug-likeness (QED) is 0.483. The van der Waals surface area contributed by atoms with E-state index in [1.54, 1.807) is 26.0 Å². The maximum Gasteiger partial charge on any atom is 0.318 e. The van der Waals surface area contributed by atoms with Crippen molar-refractivity contribution in [3.63, 3.8) is 0 Å². The fraction of sp³-hybridized carbons (Fsp3) is 0.607. The van der Waals surface area contributed by atoms with E-state index in [0.717, 1.165) is 50.0 Å². The van der Waals surface area contributed by atoms with Crippen molar-refractivity contribution in [3.05, 3.63) is 35.5 Å². The van der Waals surface area contributed by atoms with Crippen molar-refractivity contribution < 1.29 is 28.6 Å². The van der Waals surface area contributed by atoms with Gasteiger partial charge in [-0.25, -0.2) is 0 Å². The average molecular weight is 499 g/mol. The van der Waals surface area contributed by atoms with E-state index >= 15 is 0 Å². The Bertz CT molecular complexity index is 1020. The van der Waals surface area contributed by atoms with Crippen LogP contribution in [0.4, 0.5) is 0 Å². The van der Waals surface area contributed by atoms with Crippen molar-refractivity contribution in [3.8, 4) is 11.5 Å². The molecule has 4 rings (SSSR count). The fourth-order valence-corrected chi connectivity index (χ4v) is 5.92. The van der Waals surface area contributed by atoms with Crippen molar-refractivity contribution in [1.29, 1.82) is 0 Å². The maximum atomic E-state index is 13.8. The minimum Gasteiger partial charge on any atom is -0.493 e. The molecule has 2 atom stereocenters. The highest BCUT2D eigenvalue weighted by Gasteiger charge is 2.54. The Labute approximate surface area is 213 Å². The second kappa shape index (κ2) is 11.4. The van der Waals surface area contributed by atoms with Gasteiger partial charge in [-0.3, -0.25) is 14.4 Å². The van der Waals surface area contributed by atoms with Crippen LogP contribution in [0.2, 0.25) is 0 Å². The number of likely N-dealkylation sites (tertiary alicyclic amines) is 2. The Morgan fingerprint density at radius 3 is 2.53 bits per heavy atom. The van der Waals surface area contributed by atoms with Gasteiger partial charge in [0.05, 0.1) is 20.8 Å². The largest absolute Gasteiger partial charge is 0.493 e. The summed E-state index contributed by atoms with van der Waals surface area (Å²) in [6.45, 7) is 3.99. The third-order valence-electron chi connectivity index (χ3n) is 7.75. The van der Waals surface area contributed by atoms with Gasteiger partial charge in [-0.1, -0.05) is 12.1 Å². The zero-order chi connectivity index (χ0) is 25.7. The van der Waals surface area contributed by atoms with E-state index in [4.69, 9.17) is 14.2 Å². The van der Waals surface area contributed by atoms with Crippen LogP contribution in [-0.4, -0.2) is 68.0 Å². The molecule has 2 saturated heterocycles. The third kappa shape index (κ3) is 5.08. The molecule has 0 N–H and O–H groups in total. The van der Waals surface area contributed by atoms with E-state index in [1.165, 1.54) is 0 Å². The van der Waals surface area contributed by atoms with Gasteiger partial charge in [0.1, 0.15) is 5.41 Å². The van der Waals surface area contributed by atoms with Gasteiger partial charge in [-0.2, -0.15) is 0 Å². The van der Waals surface area contributed by atoms with Gasteiger partial charge in [0.2, 0.25) is 11.8 Å². The maximum absolute atomic E-state index is 13.8. The molecule has 0 spiro atoms. The van der Waals surface area contributed by atoms with E-state index in [-0.39, 0.29) is 30.8 Å². The van der Waals surface area contributed by atoms with Gasteiger partial charge in [0.15, 0.2) is 11.5 Å². The highest BCUT2D eigenvalue weighted by Crippen LogP contribution is 2.50. The Morgan fingerprint density at radius 1 is 1.08 bits per heavy atom. The molecule has 0 bridgehead atoms. The lowest BCUT2D eigenvalue weighted by Crippen LogP contribution is -2.54. The number of nitrogens with zero attached hydrogens (tertiary/aromatic N) is 2. The van der Waals surface area contributed by atoms with Crippen LogP contribution in [0, 0.1) is 11.3 Å². The summed E-state index contributed by atoms with van der Waals surface area (Å²) in [6.07, 6.45) is 7.39. The Hall–Kier alpha value is -3.03. The highest BCUT2D eigenvalue weighted by atomic mass is 16.5. The van der Waals surface area contributed by atoms with Crippen LogP contribution >= 0.6 is 0 Å². The zero-order valence-corrected chi connectivity index (χ0v) is 21.7. The molecule has 1 aromatic rings.